The van der Waals surface area contributed by atoms with Crippen LogP contribution in [0.1, 0.15) is 5.56 Å². The largest absolute Gasteiger partial charge is 0.329 e. The lowest BCUT2D eigenvalue weighted by Crippen LogP contribution is -2.57. The quantitative estimate of drug-likeness (QED) is 0.880. The minimum atomic E-state index is -0.418. The van der Waals surface area contributed by atoms with E-state index in [4.69, 9.17) is 11.6 Å². The molecule has 0 aliphatic carbocycles. The molecule has 2 unspecified atom stereocenters. The van der Waals surface area contributed by atoms with Crippen LogP contribution in [0, 0.1) is 5.92 Å². The Labute approximate surface area is 148 Å². The highest BCUT2D eigenvalue weighted by Crippen LogP contribution is 2.44. The molecule has 4 nitrogen and oxygen atoms in total. The number of anilines is 1. The zero-order valence-corrected chi connectivity index (χ0v) is 14.1. The second kappa shape index (κ2) is 6.00. The second-order valence-corrected chi connectivity index (χ2v) is 7.18. The number of carbonyl (C=O) groups excluding carboxylic acids is 2. The van der Waals surface area contributed by atoms with Crippen LogP contribution in [0.3, 0.4) is 0 Å². The first-order valence-corrected chi connectivity index (χ1v) is 8.73. The van der Waals surface area contributed by atoms with Crippen molar-refractivity contribution >= 4 is 45.9 Å². The average molecular weight is 357 g/mol. The van der Waals surface area contributed by atoms with Crippen molar-refractivity contribution in [1.29, 1.82) is 0 Å². The van der Waals surface area contributed by atoms with Gasteiger partial charge in [-0.1, -0.05) is 65.8 Å². The molecular weight excluding hydrogens is 344 g/mol. The Bertz CT molecular complexity index is 853. The summed E-state index contributed by atoms with van der Waals surface area (Å²) >= 11 is 7.50. The Morgan fingerprint density at radius 2 is 1.83 bits per heavy atom. The molecule has 120 valence electrons. The van der Waals surface area contributed by atoms with Crippen LogP contribution in [0.25, 0.3) is 4.91 Å². The van der Waals surface area contributed by atoms with Gasteiger partial charge in [-0.2, -0.15) is 0 Å². The smallest absolute Gasteiger partial charge is 0.324 e. The van der Waals surface area contributed by atoms with Crippen molar-refractivity contribution in [3.8, 4) is 0 Å². The van der Waals surface area contributed by atoms with Crippen molar-refractivity contribution < 1.29 is 9.59 Å². The van der Waals surface area contributed by atoms with Crippen LogP contribution in [0.5, 0.6) is 0 Å². The molecule has 2 aliphatic heterocycles. The first-order chi connectivity index (χ1) is 11.6. The standard InChI is InChI=1S/C18H13ClN2O2S/c19-12-7-4-8-13(9-12)21-17(22)14-10-15(11-5-2-1-3-6-11)24-16(14)20-18(21)23/h1-10,14,16H,(H,20,23). The van der Waals surface area contributed by atoms with Gasteiger partial charge in [-0.25, -0.2) is 9.69 Å². The number of hydrogen-bond acceptors (Lipinski definition) is 3. The summed E-state index contributed by atoms with van der Waals surface area (Å²) in [5.74, 6) is -0.619. The summed E-state index contributed by atoms with van der Waals surface area (Å²) in [6.45, 7) is 0. The normalized spacial score (nSPS) is 22.9. The molecule has 0 saturated carbocycles. The molecule has 6 heteroatoms. The van der Waals surface area contributed by atoms with E-state index in [-0.39, 0.29) is 17.2 Å². The number of carbonyl (C=O) groups is 2. The first-order valence-electron chi connectivity index (χ1n) is 7.47. The molecule has 0 radical (unpaired) electrons. The number of imide groups is 1. The van der Waals surface area contributed by atoms with Gasteiger partial charge in [-0.15, -0.1) is 0 Å². The van der Waals surface area contributed by atoms with Crippen molar-refractivity contribution in [1.82, 2.24) is 5.32 Å². The summed E-state index contributed by atoms with van der Waals surface area (Å²) in [5, 5.41) is 3.13. The maximum atomic E-state index is 12.9. The summed E-state index contributed by atoms with van der Waals surface area (Å²) in [6, 6.07) is 16.2. The predicted molar refractivity (Wildman–Crippen MR) is 96.8 cm³/mol. The van der Waals surface area contributed by atoms with Crippen LogP contribution in [0.2, 0.25) is 5.02 Å². The summed E-state index contributed by atoms with van der Waals surface area (Å²) in [4.78, 5) is 27.5. The number of urea groups is 1. The fraction of sp³-hybridized carbons (Fsp3) is 0.111. The summed E-state index contributed by atoms with van der Waals surface area (Å²) in [7, 11) is 0. The van der Waals surface area contributed by atoms with Gasteiger partial charge in [-0.3, -0.25) is 4.79 Å². The van der Waals surface area contributed by atoms with Gasteiger partial charge < -0.3 is 5.32 Å². The molecule has 2 aromatic rings. The highest BCUT2D eigenvalue weighted by atomic mass is 35.5. The summed E-state index contributed by atoms with van der Waals surface area (Å²) in [5.41, 5.74) is 1.53. The second-order valence-electron chi connectivity index (χ2n) is 5.56. The zero-order chi connectivity index (χ0) is 16.7. The monoisotopic (exact) mass is 356 g/mol. The number of halogens is 1. The summed E-state index contributed by atoms with van der Waals surface area (Å²) < 4.78 is 0. The Balaban J connectivity index is 1.67. The molecule has 1 fully saturated rings. The lowest BCUT2D eigenvalue weighted by atomic mass is 10.0. The Morgan fingerprint density at radius 1 is 1.04 bits per heavy atom. The van der Waals surface area contributed by atoms with Crippen molar-refractivity contribution in [2.45, 2.75) is 5.37 Å². The molecule has 0 spiro atoms. The average Bonchev–Trinajstić information content (AvgIpc) is 3.00. The SMILES string of the molecule is O=C1NC2SC(c3ccccc3)=CC2C(=O)N1c1cccc(Cl)c1. The van der Waals surface area contributed by atoms with E-state index in [0.29, 0.717) is 10.7 Å². The van der Waals surface area contributed by atoms with Gasteiger partial charge in [0.15, 0.2) is 0 Å². The molecule has 24 heavy (non-hydrogen) atoms. The number of thioether (sulfide) groups is 1. The molecule has 2 atom stereocenters. The molecule has 1 saturated heterocycles. The third kappa shape index (κ3) is 2.60. The lowest BCUT2D eigenvalue weighted by molar-refractivity contribution is -0.121. The van der Waals surface area contributed by atoms with Gasteiger partial charge in [0.05, 0.1) is 17.0 Å². The molecule has 1 N–H and O–H groups in total. The maximum absolute atomic E-state index is 12.9. The first kappa shape index (κ1) is 15.3. The maximum Gasteiger partial charge on any atom is 0.329 e. The van der Waals surface area contributed by atoms with Gasteiger partial charge >= 0.3 is 6.03 Å². The predicted octanol–water partition coefficient (Wildman–Crippen LogP) is 4.13. The number of nitrogens with zero attached hydrogens (tertiary/aromatic N) is 1. The lowest BCUT2D eigenvalue weighted by Gasteiger charge is -2.33. The third-order valence-electron chi connectivity index (χ3n) is 4.01. The van der Waals surface area contributed by atoms with Crippen LogP contribution < -0.4 is 10.2 Å². The minimum Gasteiger partial charge on any atom is -0.324 e. The van der Waals surface area contributed by atoms with Gasteiger partial charge in [0.1, 0.15) is 0 Å². The Hall–Kier alpha value is -2.24. The number of nitrogens with one attached hydrogen (secondary N) is 1. The fourth-order valence-electron chi connectivity index (χ4n) is 2.88. The Kier molecular flexibility index (Phi) is 3.82. The van der Waals surface area contributed by atoms with E-state index >= 15 is 0 Å². The molecule has 3 amide bonds. The number of amides is 3. The van der Waals surface area contributed by atoms with Crippen LogP contribution in [-0.4, -0.2) is 17.3 Å². The Morgan fingerprint density at radius 3 is 2.58 bits per heavy atom. The fourth-order valence-corrected chi connectivity index (χ4v) is 4.34. The number of hydrogen-bond donors (Lipinski definition) is 1. The van der Waals surface area contributed by atoms with E-state index in [9.17, 15) is 9.59 Å². The number of rotatable bonds is 2. The molecule has 4 rings (SSSR count). The van der Waals surface area contributed by atoms with Crippen LogP contribution in [-0.2, 0) is 4.79 Å². The van der Waals surface area contributed by atoms with E-state index in [1.807, 2.05) is 36.4 Å². The van der Waals surface area contributed by atoms with Crippen molar-refractivity contribution in [2.75, 3.05) is 4.90 Å². The van der Waals surface area contributed by atoms with E-state index in [1.54, 1.807) is 24.3 Å². The highest BCUT2D eigenvalue weighted by Gasteiger charge is 2.44. The van der Waals surface area contributed by atoms with Crippen LogP contribution in [0.4, 0.5) is 10.5 Å². The zero-order valence-electron chi connectivity index (χ0n) is 12.5. The number of fused-ring (bicyclic) bond motifs is 1. The van der Waals surface area contributed by atoms with Crippen molar-refractivity contribution in [2.24, 2.45) is 5.92 Å². The third-order valence-corrected chi connectivity index (χ3v) is 5.54. The number of benzene rings is 2. The molecule has 2 aliphatic rings. The topological polar surface area (TPSA) is 49.4 Å². The molecule has 2 heterocycles. The molecule has 2 aromatic carbocycles. The van der Waals surface area contributed by atoms with Gasteiger partial charge in [-0.05, 0) is 23.8 Å². The van der Waals surface area contributed by atoms with Gasteiger partial charge in [0, 0.05) is 9.93 Å². The van der Waals surface area contributed by atoms with Crippen molar-refractivity contribution in [3.63, 3.8) is 0 Å². The highest BCUT2D eigenvalue weighted by molar-refractivity contribution is 8.09. The van der Waals surface area contributed by atoms with Gasteiger partial charge in [0.25, 0.3) is 0 Å². The van der Waals surface area contributed by atoms with E-state index < -0.39 is 6.03 Å². The van der Waals surface area contributed by atoms with E-state index in [2.05, 4.69) is 5.32 Å². The van der Waals surface area contributed by atoms with Crippen LogP contribution in [0.15, 0.2) is 60.7 Å². The van der Waals surface area contributed by atoms with E-state index in [1.165, 1.54) is 11.8 Å². The molecule has 0 aromatic heterocycles. The van der Waals surface area contributed by atoms with Crippen LogP contribution >= 0.6 is 23.4 Å². The molecular formula is C18H13ClN2O2S. The van der Waals surface area contributed by atoms with E-state index in [0.717, 1.165) is 15.4 Å². The van der Waals surface area contributed by atoms with Gasteiger partial charge in [0.2, 0.25) is 5.91 Å². The minimum absolute atomic E-state index is 0.232. The van der Waals surface area contributed by atoms with Crippen molar-refractivity contribution in [3.05, 3.63) is 71.3 Å². The molecule has 0 bridgehead atoms. The summed E-state index contributed by atoms with van der Waals surface area (Å²) in [6.07, 6.45) is 1.93.